The summed E-state index contributed by atoms with van der Waals surface area (Å²) in [5.74, 6) is 1.27. The highest BCUT2D eigenvalue weighted by atomic mass is 35.5. The molecule has 1 amide bonds. The summed E-state index contributed by atoms with van der Waals surface area (Å²) >= 11 is 0. The van der Waals surface area contributed by atoms with E-state index in [-0.39, 0.29) is 37.1 Å². The number of aliphatic hydroxyl groups excluding tert-OH is 1. The molecule has 4 rings (SSSR count). The van der Waals surface area contributed by atoms with Gasteiger partial charge in [-0.05, 0) is 69.0 Å². The van der Waals surface area contributed by atoms with Gasteiger partial charge in [-0.25, -0.2) is 0 Å². The molecule has 2 aromatic carbocycles. The average molecular weight is 526 g/mol. The number of rotatable bonds is 8. The summed E-state index contributed by atoms with van der Waals surface area (Å²) in [6.45, 7) is 9.31. The van der Waals surface area contributed by atoms with Gasteiger partial charge in [-0.3, -0.25) is 9.69 Å². The molecule has 2 heterocycles. The number of nitrogens with one attached hydrogen (secondary N) is 1. The lowest BCUT2D eigenvalue weighted by molar-refractivity contribution is -0.123. The zero-order valence-corrected chi connectivity index (χ0v) is 22.3. The Kier molecular flexibility index (Phi) is 9.27. The molecule has 0 saturated heterocycles. The molecule has 10 heteroatoms. The van der Waals surface area contributed by atoms with Crippen LogP contribution in [0.25, 0.3) is 22.8 Å². The third kappa shape index (κ3) is 6.46. The van der Waals surface area contributed by atoms with Crippen LogP contribution in [0, 0.1) is 18.3 Å². The highest BCUT2D eigenvalue weighted by Crippen LogP contribution is 2.32. The molecule has 1 atom stereocenters. The summed E-state index contributed by atoms with van der Waals surface area (Å²) in [7, 11) is 0. The number of carbonyl (C=O) groups is 1. The van der Waals surface area contributed by atoms with Crippen LogP contribution in [0.2, 0.25) is 0 Å². The van der Waals surface area contributed by atoms with Crippen molar-refractivity contribution >= 4 is 18.3 Å². The summed E-state index contributed by atoms with van der Waals surface area (Å²) < 4.78 is 11.2. The van der Waals surface area contributed by atoms with E-state index in [1.807, 2.05) is 26.0 Å². The molecule has 2 N–H and O–H groups in total. The highest BCUT2D eigenvalue weighted by Gasteiger charge is 2.23. The second-order valence-corrected chi connectivity index (χ2v) is 9.40. The number of aromatic nitrogens is 2. The number of fused-ring (bicyclic) bond motifs is 1. The molecule has 0 spiro atoms. The lowest BCUT2D eigenvalue weighted by Crippen LogP contribution is -2.43. The molecule has 0 fully saturated rings. The van der Waals surface area contributed by atoms with Gasteiger partial charge in [-0.1, -0.05) is 17.3 Å². The Morgan fingerprint density at radius 1 is 1.30 bits per heavy atom. The van der Waals surface area contributed by atoms with Crippen LogP contribution in [0.5, 0.6) is 5.75 Å². The Balaban J connectivity index is 0.00000380. The van der Waals surface area contributed by atoms with Gasteiger partial charge in [0.2, 0.25) is 11.7 Å². The second kappa shape index (κ2) is 12.2. The molecule has 196 valence electrons. The van der Waals surface area contributed by atoms with E-state index in [1.165, 1.54) is 11.1 Å². The van der Waals surface area contributed by atoms with E-state index in [0.717, 1.165) is 24.1 Å². The minimum absolute atomic E-state index is 0. The molecule has 0 aliphatic carbocycles. The number of aliphatic hydroxyl groups is 1. The SMILES string of the molecule is Cc1c(-c2noc(-c3ccc(OC(C)C)c(C#N)c3)n2)ccc2c1CCN(CC(=O)N[C@@H](C)CO)C2.Cl. The zero-order chi connectivity index (χ0) is 25.8. The zero-order valence-electron chi connectivity index (χ0n) is 21.4. The predicted molar refractivity (Wildman–Crippen MR) is 141 cm³/mol. The van der Waals surface area contributed by atoms with E-state index in [0.29, 0.717) is 41.7 Å². The number of hydrogen-bond donors (Lipinski definition) is 2. The van der Waals surface area contributed by atoms with Gasteiger partial charge in [-0.2, -0.15) is 10.2 Å². The maximum atomic E-state index is 12.2. The molecule has 3 aromatic rings. The van der Waals surface area contributed by atoms with Crippen LogP contribution in [0.4, 0.5) is 0 Å². The van der Waals surface area contributed by atoms with Crippen molar-refractivity contribution < 1.29 is 19.2 Å². The Labute approximate surface area is 222 Å². The van der Waals surface area contributed by atoms with Gasteiger partial charge in [0.15, 0.2) is 0 Å². The molecule has 1 aliphatic heterocycles. The topological polar surface area (TPSA) is 125 Å². The first-order chi connectivity index (χ1) is 17.3. The third-order valence-corrected chi connectivity index (χ3v) is 6.19. The fourth-order valence-corrected chi connectivity index (χ4v) is 4.40. The van der Waals surface area contributed by atoms with E-state index in [2.05, 4.69) is 39.4 Å². The molecule has 0 bridgehead atoms. The van der Waals surface area contributed by atoms with Crippen LogP contribution in [-0.4, -0.2) is 57.9 Å². The van der Waals surface area contributed by atoms with Gasteiger partial charge in [-0.15, -0.1) is 12.4 Å². The number of hydrogen-bond acceptors (Lipinski definition) is 8. The van der Waals surface area contributed by atoms with Crippen molar-refractivity contribution in [2.75, 3.05) is 19.7 Å². The van der Waals surface area contributed by atoms with Gasteiger partial charge in [0.1, 0.15) is 11.8 Å². The summed E-state index contributed by atoms with van der Waals surface area (Å²) in [4.78, 5) is 18.9. The second-order valence-electron chi connectivity index (χ2n) is 9.40. The van der Waals surface area contributed by atoms with Crippen molar-refractivity contribution in [2.45, 2.75) is 52.8 Å². The monoisotopic (exact) mass is 525 g/mol. The molecule has 37 heavy (non-hydrogen) atoms. The molecule has 1 aromatic heterocycles. The first-order valence-electron chi connectivity index (χ1n) is 12.1. The van der Waals surface area contributed by atoms with Crippen molar-refractivity contribution in [1.82, 2.24) is 20.4 Å². The van der Waals surface area contributed by atoms with Crippen molar-refractivity contribution in [3.63, 3.8) is 0 Å². The van der Waals surface area contributed by atoms with Crippen molar-refractivity contribution in [3.8, 4) is 34.7 Å². The maximum Gasteiger partial charge on any atom is 0.258 e. The number of benzene rings is 2. The van der Waals surface area contributed by atoms with E-state index in [4.69, 9.17) is 14.4 Å². The van der Waals surface area contributed by atoms with Gasteiger partial charge >= 0.3 is 0 Å². The quantitative estimate of drug-likeness (QED) is 0.456. The summed E-state index contributed by atoms with van der Waals surface area (Å²) in [6, 6.07) is 11.2. The summed E-state index contributed by atoms with van der Waals surface area (Å²) in [5.41, 5.74) is 5.47. The van der Waals surface area contributed by atoms with E-state index in [9.17, 15) is 10.1 Å². The summed E-state index contributed by atoms with van der Waals surface area (Å²) in [6.07, 6.45) is 0.773. The number of nitrogens with zero attached hydrogens (tertiary/aromatic N) is 4. The van der Waals surface area contributed by atoms with E-state index in [1.54, 1.807) is 19.1 Å². The highest BCUT2D eigenvalue weighted by molar-refractivity contribution is 5.85. The number of carbonyl (C=O) groups excluding carboxylic acids is 1. The smallest absolute Gasteiger partial charge is 0.258 e. The maximum absolute atomic E-state index is 12.2. The summed E-state index contributed by atoms with van der Waals surface area (Å²) in [5, 5.41) is 25.7. The van der Waals surface area contributed by atoms with E-state index >= 15 is 0 Å². The Morgan fingerprint density at radius 3 is 2.78 bits per heavy atom. The van der Waals surface area contributed by atoms with Crippen LogP contribution >= 0.6 is 12.4 Å². The first kappa shape index (κ1) is 28.1. The number of halogens is 1. The standard InChI is InChI=1S/C27H31N5O4.ClH/c1-16(2)35-24-8-6-19(11-21(24)12-28)27-30-26(31-36-27)23-7-5-20-13-32(10-9-22(20)18(23)4)14-25(34)29-17(3)15-33;/h5-8,11,16-17,33H,9-10,13-15H2,1-4H3,(H,29,34);1H/t17-;/m0./s1. The lowest BCUT2D eigenvalue weighted by atomic mass is 9.91. The minimum Gasteiger partial charge on any atom is -0.490 e. The van der Waals surface area contributed by atoms with Gasteiger partial charge in [0.25, 0.3) is 5.89 Å². The van der Waals surface area contributed by atoms with Gasteiger partial charge in [0.05, 0.1) is 24.8 Å². The largest absolute Gasteiger partial charge is 0.490 e. The van der Waals surface area contributed by atoms with Crippen molar-refractivity contribution in [2.24, 2.45) is 0 Å². The molecule has 0 unspecified atom stereocenters. The predicted octanol–water partition coefficient (Wildman–Crippen LogP) is 3.65. The molecular weight excluding hydrogens is 494 g/mol. The molecular formula is C27H32ClN5O4. The average Bonchev–Trinajstić information content (AvgIpc) is 3.34. The Bertz CT molecular complexity index is 1300. The van der Waals surface area contributed by atoms with Crippen LogP contribution in [0.1, 0.15) is 43.0 Å². The first-order valence-corrected chi connectivity index (χ1v) is 12.1. The van der Waals surface area contributed by atoms with Gasteiger partial charge in [0, 0.05) is 30.3 Å². The minimum atomic E-state index is -0.253. The number of amides is 1. The van der Waals surface area contributed by atoms with Crippen molar-refractivity contribution in [3.05, 3.63) is 52.6 Å². The van der Waals surface area contributed by atoms with Crippen molar-refractivity contribution in [1.29, 1.82) is 5.26 Å². The molecule has 0 saturated carbocycles. The van der Waals surface area contributed by atoms with Gasteiger partial charge < -0.3 is 19.7 Å². The van der Waals surface area contributed by atoms with Crippen LogP contribution in [0.3, 0.4) is 0 Å². The third-order valence-electron chi connectivity index (χ3n) is 6.19. The normalized spacial score (nSPS) is 13.9. The lowest BCUT2D eigenvalue weighted by Gasteiger charge is -2.30. The fraction of sp³-hybridized carbons (Fsp3) is 0.407. The Hall–Kier alpha value is -3.45. The number of ether oxygens (including phenoxy) is 1. The molecule has 0 radical (unpaired) electrons. The Morgan fingerprint density at radius 2 is 2.08 bits per heavy atom. The molecule has 1 aliphatic rings. The fourth-order valence-electron chi connectivity index (χ4n) is 4.40. The van der Waals surface area contributed by atoms with Crippen LogP contribution < -0.4 is 10.1 Å². The van der Waals surface area contributed by atoms with Crippen LogP contribution in [0.15, 0.2) is 34.9 Å². The van der Waals surface area contributed by atoms with E-state index < -0.39 is 0 Å². The van der Waals surface area contributed by atoms with Crippen LogP contribution in [-0.2, 0) is 17.8 Å². The molecule has 9 nitrogen and oxygen atoms in total. The number of nitriles is 1.